The first kappa shape index (κ1) is 38.8. The van der Waals surface area contributed by atoms with Crippen LogP contribution in [0, 0.1) is 0 Å². The Morgan fingerprint density at radius 2 is 1.44 bits per heavy atom. The number of para-hydroxylation sites is 1. The number of imide groups is 1. The van der Waals surface area contributed by atoms with E-state index in [0.29, 0.717) is 49.4 Å². The lowest BCUT2D eigenvalue weighted by atomic mass is 9.88. The molecule has 5 amide bonds. The first-order valence-corrected chi connectivity index (χ1v) is 21.6. The molecule has 15 heteroatoms. The molecule has 61 heavy (non-hydrogen) atoms. The van der Waals surface area contributed by atoms with E-state index in [1.54, 1.807) is 4.90 Å². The number of likely N-dealkylation sites (tertiary alicyclic amines) is 3. The van der Waals surface area contributed by atoms with Crippen molar-refractivity contribution in [1.29, 1.82) is 0 Å². The second kappa shape index (κ2) is 16.3. The Balaban J connectivity index is 0.710. The third-order valence-electron chi connectivity index (χ3n) is 13.5. The summed E-state index contributed by atoms with van der Waals surface area (Å²) in [6, 6.07) is 23.7. The Kier molecular flexibility index (Phi) is 10.3. The first-order valence-electron chi connectivity index (χ1n) is 21.6. The number of carbonyl (C=O) groups excluding carboxylic acids is 4. The maximum absolute atomic E-state index is 13.7. The van der Waals surface area contributed by atoms with Crippen LogP contribution in [0.5, 0.6) is 11.5 Å². The zero-order valence-electron chi connectivity index (χ0n) is 34.1. The molecule has 7 heterocycles. The number of ether oxygens (including phenoxy) is 1. The highest BCUT2D eigenvalue weighted by molar-refractivity contribution is 6.05. The van der Waals surface area contributed by atoms with Crippen LogP contribution in [-0.2, 0) is 16.1 Å². The third kappa shape index (κ3) is 7.55. The van der Waals surface area contributed by atoms with E-state index in [2.05, 4.69) is 30.9 Å². The summed E-state index contributed by atoms with van der Waals surface area (Å²) in [5, 5.41) is 8.26. The lowest BCUT2D eigenvalue weighted by Crippen LogP contribution is -2.53. The minimum atomic E-state index is -0.620. The number of hydrogen-bond acceptors (Lipinski definition) is 10. The van der Waals surface area contributed by atoms with Crippen molar-refractivity contribution in [2.45, 2.75) is 82.0 Å². The molecular weight excluding hydrogens is 773 g/mol. The van der Waals surface area contributed by atoms with Crippen LogP contribution in [-0.4, -0.2) is 114 Å². The number of carbonyl (C=O) groups is 4. The highest BCUT2D eigenvalue weighted by Crippen LogP contribution is 2.37. The molecule has 10 rings (SSSR count). The molecule has 1 unspecified atom stereocenters. The summed E-state index contributed by atoms with van der Waals surface area (Å²) < 4.78 is 8.07. The molecule has 0 spiro atoms. The molecule has 0 radical (unpaired) electrons. The highest BCUT2D eigenvalue weighted by atomic mass is 16.5. The van der Waals surface area contributed by atoms with Gasteiger partial charge in [0.15, 0.2) is 5.65 Å². The summed E-state index contributed by atoms with van der Waals surface area (Å²) >= 11 is 0. The van der Waals surface area contributed by atoms with E-state index in [4.69, 9.17) is 15.6 Å². The number of anilines is 1. The molecule has 15 nitrogen and oxygen atoms in total. The molecule has 3 aromatic carbocycles. The molecule has 1 atom stereocenters. The molecule has 314 valence electrons. The fourth-order valence-corrected chi connectivity index (χ4v) is 10.1. The predicted molar refractivity (Wildman–Crippen MR) is 228 cm³/mol. The van der Waals surface area contributed by atoms with Crippen LogP contribution in [0.15, 0.2) is 79.1 Å². The van der Waals surface area contributed by atoms with Gasteiger partial charge in [-0.05, 0) is 104 Å². The minimum Gasteiger partial charge on any atom is -0.457 e. The van der Waals surface area contributed by atoms with Crippen LogP contribution in [0.2, 0.25) is 0 Å². The smallest absolute Gasteiger partial charge is 0.319 e. The molecule has 0 bridgehead atoms. The lowest BCUT2D eigenvalue weighted by Gasteiger charge is -2.43. The molecule has 4 saturated heterocycles. The van der Waals surface area contributed by atoms with Gasteiger partial charge < -0.3 is 30.1 Å². The summed E-state index contributed by atoms with van der Waals surface area (Å²) in [6.45, 7) is 5.18. The van der Waals surface area contributed by atoms with E-state index in [1.165, 1.54) is 11.9 Å². The van der Waals surface area contributed by atoms with Crippen LogP contribution in [0.4, 0.5) is 10.6 Å². The van der Waals surface area contributed by atoms with Crippen molar-refractivity contribution in [2.75, 3.05) is 45.0 Å². The summed E-state index contributed by atoms with van der Waals surface area (Å²) in [4.78, 5) is 68.3. The van der Waals surface area contributed by atoms with Crippen molar-refractivity contribution in [3.05, 3.63) is 95.8 Å². The zero-order valence-corrected chi connectivity index (χ0v) is 34.1. The largest absolute Gasteiger partial charge is 0.457 e. The van der Waals surface area contributed by atoms with Gasteiger partial charge in [-0.1, -0.05) is 30.3 Å². The third-order valence-corrected chi connectivity index (χ3v) is 13.5. The Morgan fingerprint density at radius 3 is 2.16 bits per heavy atom. The number of aromatic nitrogens is 4. The second-order valence-corrected chi connectivity index (χ2v) is 17.0. The van der Waals surface area contributed by atoms with Gasteiger partial charge in [-0.15, -0.1) is 0 Å². The molecular formula is C46H50N10O5. The van der Waals surface area contributed by atoms with Crippen molar-refractivity contribution < 1.29 is 23.9 Å². The Bertz CT molecular complexity index is 2470. The number of nitrogen functional groups attached to an aromatic ring is 1. The fraction of sp³-hybridized carbons (Fsp3) is 0.413. The number of fused-ring (bicyclic) bond motifs is 2. The highest BCUT2D eigenvalue weighted by Gasteiger charge is 2.40. The number of amides is 5. The van der Waals surface area contributed by atoms with Gasteiger partial charge in [-0.25, -0.2) is 19.4 Å². The monoisotopic (exact) mass is 822 g/mol. The van der Waals surface area contributed by atoms with Crippen molar-refractivity contribution >= 4 is 40.6 Å². The van der Waals surface area contributed by atoms with Crippen molar-refractivity contribution in [1.82, 2.24) is 44.7 Å². The molecule has 5 aromatic rings. The second-order valence-electron chi connectivity index (χ2n) is 17.0. The van der Waals surface area contributed by atoms with Crippen molar-refractivity contribution in [3.8, 4) is 22.8 Å². The number of piperidine rings is 4. The molecule has 0 aliphatic carbocycles. The molecule has 5 aliphatic rings. The molecule has 4 fully saturated rings. The maximum atomic E-state index is 13.7. The van der Waals surface area contributed by atoms with Gasteiger partial charge in [0.1, 0.15) is 35.4 Å². The van der Waals surface area contributed by atoms with Crippen LogP contribution in [0.1, 0.15) is 84.8 Å². The van der Waals surface area contributed by atoms with E-state index < -0.39 is 11.9 Å². The number of nitrogens with two attached hydrogens (primary N) is 1. The van der Waals surface area contributed by atoms with Gasteiger partial charge in [0, 0.05) is 69.4 Å². The van der Waals surface area contributed by atoms with E-state index in [-0.39, 0.29) is 30.3 Å². The van der Waals surface area contributed by atoms with Gasteiger partial charge in [0.2, 0.25) is 11.8 Å². The number of hydrogen-bond donors (Lipinski definition) is 2. The quantitative estimate of drug-likeness (QED) is 0.193. The summed E-state index contributed by atoms with van der Waals surface area (Å²) in [5.74, 6) is 1.39. The number of urea groups is 1. The van der Waals surface area contributed by atoms with Gasteiger partial charge in [0.05, 0.1) is 11.4 Å². The lowest BCUT2D eigenvalue weighted by molar-refractivity contribution is -0.136. The molecule has 5 aliphatic heterocycles. The average Bonchev–Trinajstić information content (AvgIpc) is 3.85. The van der Waals surface area contributed by atoms with Crippen LogP contribution < -0.4 is 15.8 Å². The van der Waals surface area contributed by atoms with E-state index >= 15 is 0 Å². The number of benzene rings is 3. The SMILES string of the molecule is Nc1ncnc2c1c(-c1ccc(Oc3ccccc3)cc1)nn2C1CCN(C2CCN(C(=O)N3CCC(c4ccc5c(c4)CN(C4CCC(=O)NC4=O)C5=O)CC3)CC2)CC1. The van der Waals surface area contributed by atoms with Crippen molar-refractivity contribution in [2.24, 2.45) is 0 Å². The average molecular weight is 823 g/mol. The van der Waals surface area contributed by atoms with Gasteiger partial charge in [-0.3, -0.25) is 19.7 Å². The predicted octanol–water partition coefficient (Wildman–Crippen LogP) is 5.73. The normalized spacial score (nSPS) is 21.0. The minimum absolute atomic E-state index is 0.135. The van der Waals surface area contributed by atoms with E-state index in [1.807, 2.05) is 76.5 Å². The maximum Gasteiger partial charge on any atom is 0.319 e. The summed E-state index contributed by atoms with van der Waals surface area (Å²) in [6.07, 6.45) is 7.63. The fourth-order valence-electron chi connectivity index (χ4n) is 10.1. The van der Waals surface area contributed by atoms with Crippen LogP contribution >= 0.6 is 0 Å². The number of nitrogens with one attached hydrogen (secondary N) is 1. The molecule has 2 aromatic heterocycles. The Hall–Kier alpha value is -6.35. The summed E-state index contributed by atoms with van der Waals surface area (Å²) in [5.41, 5.74) is 11.6. The molecule has 0 saturated carbocycles. The van der Waals surface area contributed by atoms with Crippen LogP contribution in [0.3, 0.4) is 0 Å². The number of nitrogens with zero attached hydrogens (tertiary/aromatic N) is 8. The summed E-state index contributed by atoms with van der Waals surface area (Å²) in [7, 11) is 0. The zero-order chi connectivity index (χ0) is 41.6. The Labute approximate surface area is 353 Å². The first-order chi connectivity index (χ1) is 29.8. The Morgan fingerprint density at radius 1 is 0.754 bits per heavy atom. The van der Waals surface area contributed by atoms with Crippen molar-refractivity contribution in [3.63, 3.8) is 0 Å². The van der Waals surface area contributed by atoms with Gasteiger partial charge in [0.25, 0.3) is 5.91 Å². The topological polar surface area (TPSA) is 172 Å². The van der Waals surface area contributed by atoms with E-state index in [0.717, 1.165) is 104 Å². The molecule has 3 N–H and O–H groups in total. The number of rotatable bonds is 7. The van der Waals surface area contributed by atoms with Gasteiger partial charge in [-0.2, -0.15) is 5.10 Å². The van der Waals surface area contributed by atoms with Crippen LogP contribution in [0.25, 0.3) is 22.3 Å². The van der Waals surface area contributed by atoms with Gasteiger partial charge >= 0.3 is 6.03 Å². The van der Waals surface area contributed by atoms with E-state index in [9.17, 15) is 19.2 Å². The standard InChI is InChI=1S/C46H50N10O5/c47-42-40-41(30-6-9-36(10-7-30)61-35-4-2-1-3-5-35)51-56(43(40)49-28-48-42)34-18-22-52(23-19-34)33-16-24-54(25-17-33)46(60)53-20-14-29(15-21-53)31-8-11-37-32(26-31)27-55(45(37)59)38-12-13-39(57)50-44(38)58/h1-11,26,28-29,33-34,38H,12-25,27H2,(H2,47,48,49)(H,50,57,58).